The second kappa shape index (κ2) is 9.30. The number of nitrogens with zero attached hydrogens (tertiary/aromatic N) is 3. The zero-order valence-electron chi connectivity index (χ0n) is 14.9. The van der Waals surface area contributed by atoms with Crippen LogP contribution in [0.5, 0.6) is 0 Å². The first kappa shape index (κ1) is 20.0. The summed E-state index contributed by atoms with van der Waals surface area (Å²) in [5, 5.41) is 3.56. The third kappa shape index (κ3) is 5.25. The minimum Gasteiger partial charge on any atom is -0.356 e. The number of guanidine groups is 1. The van der Waals surface area contributed by atoms with Gasteiger partial charge in [-0.2, -0.15) is 0 Å². The first-order chi connectivity index (χ1) is 10.1. The number of unbranched alkanes of at least 4 members (excludes halogenated alkanes) is 1. The quantitative estimate of drug-likeness (QED) is 0.309. The van der Waals surface area contributed by atoms with Crippen LogP contribution in [0.2, 0.25) is 0 Å². The molecule has 0 radical (unpaired) electrons. The predicted octanol–water partition coefficient (Wildman–Crippen LogP) is 3.18. The van der Waals surface area contributed by atoms with Crippen molar-refractivity contribution in [2.75, 3.05) is 40.3 Å². The van der Waals surface area contributed by atoms with Gasteiger partial charge in [0.2, 0.25) is 0 Å². The Balaban J connectivity index is 0.00000242. The summed E-state index contributed by atoms with van der Waals surface area (Å²) in [5.41, 5.74) is 0.650. The van der Waals surface area contributed by atoms with Crippen LogP contribution in [0.1, 0.15) is 52.4 Å². The van der Waals surface area contributed by atoms with Crippen LogP contribution < -0.4 is 5.32 Å². The van der Waals surface area contributed by atoms with Crippen molar-refractivity contribution in [1.29, 1.82) is 0 Å². The smallest absolute Gasteiger partial charge is 0.193 e. The third-order valence-corrected chi connectivity index (χ3v) is 5.47. The summed E-state index contributed by atoms with van der Waals surface area (Å²) in [5.74, 6) is 1.12. The summed E-state index contributed by atoms with van der Waals surface area (Å²) in [7, 11) is 4.12. The Labute approximate surface area is 154 Å². The van der Waals surface area contributed by atoms with Crippen molar-refractivity contribution in [3.8, 4) is 0 Å². The largest absolute Gasteiger partial charge is 0.356 e. The average Bonchev–Trinajstić information content (AvgIpc) is 2.87. The van der Waals surface area contributed by atoms with E-state index in [0.29, 0.717) is 11.5 Å². The summed E-state index contributed by atoms with van der Waals surface area (Å²) in [6.45, 7) is 9.15. The Morgan fingerprint density at radius 3 is 2.50 bits per heavy atom. The lowest BCUT2D eigenvalue weighted by Gasteiger charge is -2.38. The highest BCUT2D eigenvalue weighted by Gasteiger charge is 2.43. The molecule has 2 aliphatic rings. The van der Waals surface area contributed by atoms with Gasteiger partial charge < -0.3 is 15.1 Å². The van der Waals surface area contributed by atoms with Crippen molar-refractivity contribution in [3.05, 3.63) is 0 Å². The van der Waals surface area contributed by atoms with E-state index < -0.39 is 0 Å². The van der Waals surface area contributed by atoms with Crippen LogP contribution in [0, 0.1) is 5.41 Å². The van der Waals surface area contributed by atoms with Crippen molar-refractivity contribution in [3.63, 3.8) is 0 Å². The summed E-state index contributed by atoms with van der Waals surface area (Å²) >= 11 is 0. The molecular weight excluding hydrogens is 387 g/mol. The number of rotatable bonds is 6. The highest BCUT2D eigenvalue weighted by molar-refractivity contribution is 14.0. The van der Waals surface area contributed by atoms with Crippen LogP contribution in [0.25, 0.3) is 0 Å². The van der Waals surface area contributed by atoms with Gasteiger partial charge in [0.25, 0.3) is 0 Å². The number of likely N-dealkylation sites (tertiary alicyclic amines) is 1. The fourth-order valence-electron chi connectivity index (χ4n) is 3.48. The molecule has 0 amide bonds. The van der Waals surface area contributed by atoms with Crippen molar-refractivity contribution in [2.45, 2.75) is 58.4 Å². The molecule has 1 aliphatic carbocycles. The van der Waals surface area contributed by atoms with E-state index in [4.69, 9.17) is 0 Å². The van der Waals surface area contributed by atoms with Gasteiger partial charge in [-0.15, -0.1) is 24.0 Å². The molecule has 2 rings (SSSR count). The van der Waals surface area contributed by atoms with Gasteiger partial charge in [-0.05, 0) is 65.0 Å². The maximum Gasteiger partial charge on any atom is 0.193 e. The lowest BCUT2D eigenvalue weighted by Crippen LogP contribution is -2.42. The van der Waals surface area contributed by atoms with Gasteiger partial charge in [-0.25, -0.2) is 0 Å². The first-order valence-electron chi connectivity index (χ1n) is 8.72. The van der Waals surface area contributed by atoms with Crippen molar-refractivity contribution >= 4 is 29.9 Å². The van der Waals surface area contributed by atoms with E-state index in [1.807, 2.05) is 7.05 Å². The van der Waals surface area contributed by atoms with E-state index in [0.717, 1.165) is 12.5 Å². The molecule has 1 saturated carbocycles. The van der Waals surface area contributed by atoms with Crippen LogP contribution in [-0.4, -0.2) is 62.1 Å². The highest BCUT2D eigenvalue weighted by atomic mass is 127. The molecule has 1 N–H and O–H groups in total. The minimum atomic E-state index is 0. The molecule has 1 heterocycles. The average molecular weight is 422 g/mol. The molecule has 1 aliphatic heterocycles. The molecule has 0 aromatic heterocycles. The Morgan fingerprint density at radius 2 is 2.00 bits per heavy atom. The van der Waals surface area contributed by atoms with Crippen LogP contribution >= 0.6 is 24.0 Å². The minimum absolute atomic E-state index is 0. The molecule has 0 aromatic carbocycles. The molecule has 0 aromatic rings. The van der Waals surface area contributed by atoms with Gasteiger partial charge in [0.1, 0.15) is 0 Å². The zero-order valence-corrected chi connectivity index (χ0v) is 17.2. The topological polar surface area (TPSA) is 30.9 Å². The van der Waals surface area contributed by atoms with Crippen LogP contribution in [0.3, 0.4) is 0 Å². The maximum absolute atomic E-state index is 4.48. The van der Waals surface area contributed by atoms with Crippen molar-refractivity contribution < 1.29 is 0 Å². The van der Waals surface area contributed by atoms with Crippen LogP contribution in [0.4, 0.5) is 0 Å². The van der Waals surface area contributed by atoms with Crippen LogP contribution in [0.15, 0.2) is 4.99 Å². The SMILES string of the molecule is CN=C(NCCCCN(C)C(C)C)N1CCC2(CCC2)C1.I. The van der Waals surface area contributed by atoms with Gasteiger partial charge >= 0.3 is 0 Å². The van der Waals surface area contributed by atoms with E-state index in [9.17, 15) is 0 Å². The summed E-state index contributed by atoms with van der Waals surface area (Å²) in [4.78, 5) is 9.36. The molecule has 1 saturated heterocycles. The normalized spacial score (nSPS) is 20.5. The Morgan fingerprint density at radius 1 is 1.27 bits per heavy atom. The molecule has 130 valence electrons. The lowest BCUT2D eigenvalue weighted by molar-refractivity contribution is 0.151. The van der Waals surface area contributed by atoms with Gasteiger partial charge in [-0.3, -0.25) is 4.99 Å². The lowest BCUT2D eigenvalue weighted by atomic mass is 9.68. The zero-order chi connectivity index (χ0) is 15.3. The highest BCUT2D eigenvalue weighted by Crippen LogP contribution is 2.47. The molecule has 1 spiro atoms. The molecular formula is C17H35IN4. The number of aliphatic imine (C=N–C) groups is 1. The van der Waals surface area contributed by atoms with Gasteiger partial charge in [0.15, 0.2) is 5.96 Å². The van der Waals surface area contributed by atoms with E-state index in [2.05, 4.69) is 41.0 Å². The second-order valence-corrected chi connectivity index (χ2v) is 7.28. The molecule has 22 heavy (non-hydrogen) atoms. The molecule has 2 fully saturated rings. The van der Waals surface area contributed by atoms with E-state index in [1.165, 1.54) is 58.2 Å². The van der Waals surface area contributed by atoms with Crippen molar-refractivity contribution in [1.82, 2.24) is 15.1 Å². The predicted molar refractivity (Wildman–Crippen MR) is 106 cm³/mol. The fraction of sp³-hybridized carbons (Fsp3) is 0.941. The molecule has 0 atom stereocenters. The molecule has 4 nitrogen and oxygen atoms in total. The summed E-state index contributed by atoms with van der Waals surface area (Å²) < 4.78 is 0. The molecule has 0 unspecified atom stereocenters. The molecule has 5 heteroatoms. The number of hydrogen-bond acceptors (Lipinski definition) is 2. The van der Waals surface area contributed by atoms with E-state index >= 15 is 0 Å². The Kier molecular flexibility index (Phi) is 8.46. The number of hydrogen-bond donors (Lipinski definition) is 1. The van der Waals surface area contributed by atoms with Crippen molar-refractivity contribution in [2.24, 2.45) is 10.4 Å². The third-order valence-electron chi connectivity index (χ3n) is 5.47. The first-order valence-corrected chi connectivity index (χ1v) is 8.72. The maximum atomic E-state index is 4.48. The van der Waals surface area contributed by atoms with Gasteiger partial charge in [0, 0.05) is 32.7 Å². The standard InChI is InChI=1S/C17H34N4.HI/c1-15(2)20(4)12-6-5-11-19-16(18-3)21-13-10-17(14-21)8-7-9-17;/h15H,5-14H2,1-4H3,(H,18,19);1H. The number of halogens is 1. The van der Waals surface area contributed by atoms with Gasteiger partial charge in [0.05, 0.1) is 0 Å². The summed E-state index contributed by atoms with van der Waals surface area (Å²) in [6, 6.07) is 0.647. The summed E-state index contributed by atoms with van der Waals surface area (Å²) in [6.07, 6.45) is 8.14. The second-order valence-electron chi connectivity index (χ2n) is 7.28. The Bertz CT molecular complexity index is 353. The monoisotopic (exact) mass is 422 g/mol. The Hall–Kier alpha value is -0.0400. The molecule has 0 bridgehead atoms. The van der Waals surface area contributed by atoms with E-state index in [-0.39, 0.29) is 24.0 Å². The van der Waals surface area contributed by atoms with E-state index in [1.54, 1.807) is 0 Å². The fourth-order valence-corrected chi connectivity index (χ4v) is 3.48. The van der Waals surface area contributed by atoms with Crippen LogP contribution in [-0.2, 0) is 0 Å². The number of nitrogens with one attached hydrogen (secondary N) is 1. The van der Waals surface area contributed by atoms with Gasteiger partial charge in [-0.1, -0.05) is 6.42 Å².